The van der Waals surface area contributed by atoms with Gasteiger partial charge in [-0.05, 0) is 82.4 Å². The van der Waals surface area contributed by atoms with Gasteiger partial charge in [0.2, 0.25) is 0 Å². The average Bonchev–Trinajstić information content (AvgIpc) is 3.23. The fraction of sp³-hybridized carbons (Fsp3) is 0.178. The van der Waals surface area contributed by atoms with E-state index >= 15 is 0 Å². The van der Waals surface area contributed by atoms with Crippen molar-refractivity contribution in [1.29, 1.82) is 0 Å². The van der Waals surface area contributed by atoms with Gasteiger partial charge in [-0.3, -0.25) is 0 Å². The number of aliphatic hydroxyl groups excluding tert-OH is 1. The molecule has 8 nitrogen and oxygen atoms in total. The molecule has 0 spiro atoms. The van der Waals surface area contributed by atoms with Gasteiger partial charge < -0.3 is 34.7 Å². The number of amides is 2. The van der Waals surface area contributed by atoms with Crippen LogP contribution in [0.2, 0.25) is 0 Å². The number of para-hydroxylation sites is 2. The Morgan fingerprint density at radius 3 is 2.22 bits per heavy atom. The zero-order chi connectivity index (χ0) is 37.1. The minimum Gasteiger partial charge on any atom is -0.496 e. The van der Waals surface area contributed by atoms with Gasteiger partial charge in [-0.15, -0.1) is 11.8 Å². The van der Waals surface area contributed by atoms with Crippen LogP contribution >= 0.6 is 11.8 Å². The monoisotopic (exact) mass is 738 g/mol. The summed E-state index contributed by atoms with van der Waals surface area (Å²) in [6, 6.07) is 48.8. The number of methoxy groups -OCH3 is 1. The van der Waals surface area contributed by atoms with E-state index in [1.807, 2.05) is 109 Å². The lowest BCUT2D eigenvalue weighted by Crippen LogP contribution is -2.31. The Morgan fingerprint density at radius 2 is 1.46 bits per heavy atom. The lowest BCUT2D eigenvalue weighted by molar-refractivity contribution is -0.245. The SMILES string of the molecule is COc1ccccc1SC[C@H]1C[C@@H](c2ccc(CO)cc2)O[C@@H](c2ccc(-c3cccc(CNC(=O)Nc4ccc(Oc5ccccc5)cc4)c3)cc2)O1. The summed E-state index contributed by atoms with van der Waals surface area (Å²) in [5.74, 6) is 3.02. The molecule has 6 aromatic carbocycles. The van der Waals surface area contributed by atoms with Crippen molar-refractivity contribution in [1.82, 2.24) is 5.32 Å². The summed E-state index contributed by atoms with van der Waals surface area (Å²) in [4.78, 5) is 13.8. The van der Waals surface area contributed by atoms with Crippen LogP contribution in [0.4, 0.5) is 10.5 Å². The van der Waals surface area contributed by atoms with Gasteiger partial charge in [0.05, 0.1) is 25.9 Å². The van der Waals surface area contributed by atoms with Gasteiger partial charge in [-0.1, -0.05) is 97.1 Å². The van der Waals surface area contributed by atoms with Crippen LogP contribution in [-0.2, 0) is 22.6 Å². The zero-order valence-corrected chi connectivity index (χ0v) is 30.7. The zero-order valence-electron chi connectivity index (χ0n) is 29.9. The van der Waals surface area contributed by atoms with E-state index in [1.54, 1.807) is 18.9 Å². The number of rotatable bonds is 13. The summed E-state index contributed by atoms with van der Waals surface area (Å²) in [5, 5.41) is 15.4. The number of hydrogen-bond donors (Lipinski definition) is 3. The van der Waals surface area contributed by atoms with Crippen molar-refractivity contribution in [2.24, 2.45) is 0 Å². The van der Waals surface area contributed by atoms with Crippen molar-refractivity contribution in [2.45, 2.75) is 43.0 Å². The minimum absolute atomic E-state index is 0.00157. The normalized spacial score (nSPS) is 16.7. The van der Waals surface area contributed by atoms with Crippen LogP contribution in [0.1, 0.15) is 41.1 Å². The fourth-order valence-electron chi connectivity index (χ4n) is 6.23. The fourth-order valence-corrected chi connectivity index (χ4v) is 7.27. The maximum absolute atomic E-state index is 12.7. The van der Waals surface area contributed by atoms with Crippen LogP contribution in [-0.4, -0.2) is 30.1 Å². The number of ether oxygens (including phenoxy) is 4. The number of carbonyl (C=O) groups excluding carboxylic acids is 1. The molecule has 7 rings (SSSR count). The Balaban J connectivity index is 0.978. The van der Waals surface area contributed by atoms with Crippen molar-refractivity contribution in [3.63, 3.8) is 0 Å². The molecule has 1 saturated heterocycles. The lowest BCUT2D eigenvalue weighted by Gasteiger charge is -2.36. The number of urea groups is 1. The van der Waals surface area contributed by atoms with Crippen molar-refractivity contribution < 1.29 is 28.8 Å². The van der Waals surface area contributed by atoms with Crippen LogP contribution < -0.4 is 20.1 Å². The highest BCUT2D eigenvalue weighted by molar-refractivity contribution is 7.99. The van der Waals surface area contributed by atoms with Crippen LogP contribution in [0.15, 0.2) is 157 Å². The Labute approximate surface area is 320 Å². The number of hydrogen-bond acceptors (Lipinski definition) is 7. The molecule has 1 aliphatic rings. The van der Waals surface area contributed by atoms with E-state index in [-0.39, 0.29) is 24.8 Å². The first-order chi connectivity index (χ1) is 26.5. The van der Waals surface area contributed by atoms with E-state index in [1.165, 1.54) is 0 Å². The van der Waals surface area contributed by atoms with E-state index in [0.29, 0.717) is 24.4 Å². The van der Waals surface area contributed by atoms with E-state index in [4.69, 9.17) is 18.9 Å². The summed E-state index contributed by atoms with van der Waals surface area (Å²) in [6.07, 6.45) is -0.103. The van der Waals surface area contributed by atoms with Crippen LogP contribution in [0.3, 0.4) is 0 Å². The molecule has 3 N–H and O–H groups in total. The molecule has 274 valence electrons. The van der Waals surface area contributed by atoms with Crippen LogP contribution in [0, 0.1) is 0 Å². The van der Waals surface area contributed by atoms with E-state index in [2.05, 4.69) is 53.1 Å². The largest absolute Gasteiger partial charge is 0.496 e. The lowest BCUT2D eigenvalue weighted by atomic mass is 9.99. The van der Waals surface area contributed by atoms with Crippen molar-refractivity contribution in [3.8, 4) is 28.4 Å². The van der Waals surface area contributed by atoms with Gasteiger partial charge in [-0.2, -0.15) is 0 Å². The second-order valence-corrected chi connectivity index (χ2v) is 13.9. The Morgan fingerprint density at radius 1 is 0.741 bits per heavy atom. The standard InChI is InChI=1S/C45H42N2O6S/c1-50-41-12-5-6-13-43(41)54-30-40-27-42(34-16-14-31(29-48)15-17-34)53-44(52-40)35-20-18-33(19-21-35)36-9-7-8-32(26-36)28-46-45(49)47-37-22-24-39(25-23-37)51-38-10-3-2-4-11-38/h2-26,40,42,44,48H,27-30H2,1H3,(H2,46,47,49)/t40-,42+,44+/m1/s1. The molecule has 0 aliphatic carbocycles. The molecule has 0 aromatic heterocycles. The Bertz CT molecular complexity index is 2110. The number of anilines is 1. The summed E-state index contributed by atoms with van der Waals surface area (Å²) in [5.41, 5.74) is 6.56. The van der Waals surface area contributed by atoms with Crippen LogP contribution in [0.25, 0.3) is 11.1 Å². The number of carbonyl (C=O) groups is 1. The molecule has 6 aromatic rings. The maximum Gasteiger partial charge on any atom is 0.319 e. The molecule has 2 amide bonds. The summed E-state index contributed by atoms with van der Waals surface area (Å²) in [7, 11) is 1.69. The molecular weight excluding hydrogens is 697 g/mol. The van der Waals surface area contributed by atoms with Gasteiger partial charge in [0.1, 0.15) is 17.2 Å². The molecule has 0 unspecified atom stereocenters. The van der Waals surface area contributed by atoms with Gasteiger partial charge in [0.25, 0.3) is 0 Å². The highest BCUT2D eigenvalue weighted by Gasteiger charge is 2.32. The molecule has 54 heavy (non-hydrogen) atoms. The molecular formula is C45H42N2O6S. The second kappa shape index (κ2) is 18.0. The molecule has 0 saturated carbocycles. The third-order valence-electron chi connectivity index (χ3n) is 9.10. The summed E-state index contributed by atoms with van der Waals surface area (Å²) >= 11 is 1.71. The number of aliphatic hydroxyl groups is 1. The highest BCUT2D eigenvalue weighted by atomic mass is 32.2. The quantitative estimate of drug-likeness (QED) is 0.102. The first-order valence-corrected chi connectivity index (χ1v) is 18.8. The molecule has 0 radical (unpaired) electrons. The Kier molecular flexibility index (Phi) is 12.2. The third-order valence-corrected chi connectivity index (χ3v) is 10.3. The maximum atomic E-state index is 12.7. The van der Waals surface area contributed by atoms with Gasteiger partial charge in [0, 0.05) is 34.9 Å². The predicted octanol–water partition coefficient (Wildman–Crippen LogP) is 10.3. The van der Waals surface area contributed by atoms with E-state index < -0.39 is 6.29 Å². The first kappa shape index (κ1) is 36.8. The number of thioether (sulfide) groups is 1. The number of nitrogens with one attached hydrogen (secondary N) is 2. The molecule has 1 aliphatic heterocycles. The topological polar surface area (TPSA) is 98.3 Å². The molecule has 9 heteroatoms. The molecule has 1 heterocycles. The van der Waals surface area contributed by atoms with Crippen molar-refractivity contribution in [3.05, 3.63) is 174 Å². The highest BCUT2D eigenvalue weighted by Crippen LogP contribution is 2.41. The van der Waals surface area contributed by atoms with Crippen molar-refractivity contribution in [2.75, 3.05) is 18.2 Å². The minimum atomic E-state index is -0.555. The average molecular weight is 739 g/mol. The molecule has 0 bridgehead atoms. The Hall–Kier alpha value is -5.58. The van der Waals surface area contributed by atoms with Gasteiger partial charge >= 0.3 is 6.03 Å². The third kappa shape index (κ3) is 9.69. The van der Waals surface area contributed by atoms with E-state index in [0.717, 1.165) is 55.5 Å². The summed E-state index contributed by atoms with van der Waals surface area (Å²) < 4.78 is 24.6. The summed E-state index contributed by atoms with van der Waals surface area (Å²) in [6.45, 7) is 0.365. The first-order valence-electron chi connectivity index (χ1n) is 17.9. The smallest absolute Gasteiger partial charge is 0.319 e. The van der Waals surface area contributed by atoms with Crippen molar-refractivity contribution >= 4 is 23.5 Å². The van der Waals surface area contributed by atoms with E-state index in [9.17, 15) is 9.90 Å². The molecule has 3 atom stereocenters. The van der Waals surface area contributed by atoms with Crippen LogP contribution in [0.5, 0.6) is 17.2 Å². The number of benzene rings is 6. The second-order valence-electron chi connectivity index (χ2n) is 12.9. The molecule has 1 fully saturated rings. The van der Waals surface area contributed by atoms with Gasteiger partial charge in [0.15, 0.2) is 6.29 Å². The predicted molar refractivity (Wildman–Crippen MR) is 213 cm³/mol. The van der Waals surface area contributed by atoms with Gasteiger partial charge in [-0.25, -0.2) is 4.79 Å².